The Kier molecular flexibility index (Phi) is 4.64. The van der Waals surface area contributed by atoms with E-state index >= 15 is 0 Å². The number of hydrogen-bond donors (Lipinski definition) is 4. The number of amides is 2. The minimum atomic E-state index is -0.345. The molecule has 114 valence electrons. The highest BCUT2D eigenvalue weighted by atomic mass is 16.3. The van der Waals surface area contributed by atoms with Gasteiger partial charge in [0, 0.05) is 19.1 Å². The molecule has 0 saturated carbocycles. The summed E-state index contributed by atoms with van der Waals surface area (Å²) in [6.45, 7) is 1.66. The molecule has 1 fully saturated rings. The number of nitrogens with two attached hydrogens (primary N) is 2. The second kappa shape index (κ2) is 6.45. The Morgan fingerprint density at radius 3 is 2.62 bits per heavy atom. The molecular weight excluding hydrogens is 272 g/mol. The predicted molar refractivity (Wildman–Crippen MR) is 78.6 cm³/mol. The number of nitrogen functional groups attached to an aromatic ring is 1. The molecule has 0 bridgehead atoms. The van der Waals surface area contributed by atoms with Crippen molar-refractivity contribution in [2.45, 2.75) is 18.9 Å². The molecule has 1 saturated heterocycles. The third-order valence-corrected chi connectivity index (χ3v) is 3.61. The summed E-state index contributed by atoms with van der Waals surface area (Å²) in [5.41, 5.74) is 11.1. The summed E-state index contributed by atoms with van der Waals surface area (Å²) in [5, 5.41) is 12.7. The largest absolute Gasteiger partial charge is 0.505 e. The van der Waals surface area contributed by atoms with Crippen molar-refractivity contribution in [1.29, 1.82) is 0 Å². The number of phenols is 1. The van der Waals surface area contributed by atoms with Crippen LogP contribution in [0.5, 0.6) is 5.75 Å². The standard InChI is InChI=1S/C14H20N4O3/c15-11-3-1-2-10(13(11)20)14(21)17-9-4-6-18(7-5-9)8-12(16)19/h1-3,9,20H,4-8,15H2,(H2,16,19)(H,17,21). The normalized spacial score (nSPS) is 16.6. The van der Waals surface area contributed by atoms with E-state index in [0.29, 0.717) is 13.1 Å². The van der Waals surface area contributed by atoms with E-state index in [2.05, 4.69) is 5.32 Å². The van der Waals surface area contributed by atoms with Crippen molar-refractivity contribution < 1.29 is 14.7 Å². The van der Waals surface area contributed by atoms with Crippen LogP contribution in [0.1, 0.15) is 23.2 Å². The second-order valence-electron chi connectivity index (χ2n) is 5.23. The van der Waals surface area contributed by atoms with Crippen LogP contribution in [0.2, 0.25) is 0 Å². The van der Waals surface area contributed by atoms with Gasteiger partial charge in [-0.05, 0) is 25.0 Å². The van der Waals surface area contributed by atoms with Crippen molar-refractivity contribution in [3.05, 3.63) is 23.8 Å². The van der Waals surface area contributed by atoms with Crippen molar-refractivity contribution >= 4 is 17.5 Å². The Bertz CT molecular complexity index is 539. The van der Waals surface area contributed by atoms with E-state index in [4.69, 9.17) is 11.5 Å². The third kappa shape index (κ3) is 3.85. The molecule has 0 radical (unpaired) electrons. The summed E-state index contributed by atoms with van der Waals surface area (Å²) in [4.78, 5) is 24.9. The molecule has 21 heavy (non-hydrogen) atoms. The molecule has 0 unspecified atom stereocenters. The van der Waals surface area contributed by atoms with Gasteiger partial charge in [-0.2, -0.15) is 0 Å². The van der Waals surface area contributed by atoms with Crippen LogP contribution in [0, 0.1) is 0 Å². The quantitative estimate of drug-likeness (QED) is 0.446. The van der Waals surface area contributed by atoms with Crippen molar-refractivity contribution in [3.63, 3.8) is 0 Å². The minimum Gasteiger partial charge on any atom is -0.505 e. The van der Waals surface area contributed by atoms with E-state index < -0.39 is 0 Å². The van der Waals surface area contributed by atoms with Crippen LogP contribution < -0.4 is 16.8 Å². The zero-order valence-electron chi connectivity index (χ0n) is 11.7. The van der Waals surface area contributed by atoms with E-state index in [0.717, 1.165) is 12.8 Å². The zero-order valence-corrected chi connectivity index (χ0v) is 11.7. The molecule has 2 amide bonds. The summed E-state index contributed by atoms with van der Waals surface area (Å²) in [6, 6.07) is 4.71. The second-order valence-corrected chi connectivity index (χ2v) is 5.23. The van der Waals surface area contributed by atoms with Crippen LogP contribution in [0.3, 0.4) is 0 Å². The highest BCUT2D eigenvalue weighted by Gasteiger charge is 2.23. The molecule has 7 nitrogen and oxygen atoms in total. The van der Waals surface area contributed by atoms with E-state index in [9.17, 15) is 14.7 Å². The molecule has 1 aromatic rings. The summed E-state index contributed by atoms with van der Waals surface area (Å²) >= 11 is 0. The van der Waals surface area contributed by atoms with Crippen LogP contribution in [0.4, 0.5) is 5.69 Å². The van der Waals surface area contributed by atoms with Gasteiger partial charge in [-0.3, -0.25) is 14.5 Å². The number of piperidine rings is 1. The number of carbonyl (C=O) groups excluding carboxylic acids is 2. The minimum absolute atomic E-state index is 0.0162. The first kappa shape index (κ1) is 15.1. The van der Waals surface area contributed by atoms with Gasteiger partial charge in [-0.25, -0.2) is 0 Å². The van der Waals surface area contributed by atoms with Gasteiger partial charge in [0.1, 0.15) is 0 Å². The van der Waals surface area contributed by atoms with E-state index in [1.807, 2.05) is 4.90 Å². The van der Waals surface area contributed by atoms with Gasteiger partial charge in [0.25, 0.3) is 5.91 Å². The highest BCUT2D eigenvalue weighted by Crippen LogP contribution is 2.24. The fraction of sp³-hybridized carbons (Fsp3) is 0.429. The average molecular weight is 292 g/mol. The summed E-state index contributed by atoms with van der Waals surface area (Å²) in [6.07, 6.45) is 1.48. The molecule has 2 rings (SSSR count). The summed E-state index contributed by atoms with van der Waals surface area (Å²) in [5.74, 6) is -0.878. The first-order valence-corrected chi connectivity index (χ1v) is 6.86. The monoisotopic (exact) mass is 292 g/mol. The first-order valence-electron chi connectivity index (χ1n) is 6.86. The maximum atomic E-state index is 12.1. The van der Waals surface area contributed by atoms with Gasteiger partial charge in [0.2, 0.25) is 5.91 Å². The lowest BCUT2D eigenvalue weighted by atomic mass is 10.0. The molecule has 0 spiro atoms. The number of nitrogens with zero attached hydrogens (tertiary/aromatic N) is 1. The van der Waals surface area contributed by atoms with E-state index in [1.54, 1.807) is 6.07 Å². The maximum absolute atomic E-state index is 12.1. The number of likely N-dealkylation sites (tertiary alicyclic amines) is 1. The Hall–Kier alpha value is -2.28. The zero-order chi connectivity index (χ0) is 15.4. The maximum Gasteiger partial charge on any atom is 0.255 e. The number of hydrogen-bond acceptors (Lipinski definition) is 5. The van der Waals surface area contributed by atoms with E-state index in [1.165, 1.54) is 12.1 Å². The summed E-state index contributed by atoms with van der Waals surface area (Å²) in [7, 11) is 0. The molecule has 1 heterocycles. The Labute approximate surface area is 122 Å². The van der Waals surface area contributed by atoms with Gasteiger partial charge in [-0.1, -0.05) is 6.07 Å². The lowest BCUT2D eigenvalue weighted by Crippen LogP contribution is -2.46. The lowest BCUT2D eigenvalue weighted by Gasteiger charge is -2.31. The van der Waals surface area contributed by atoms with Gasteiger partial charge >= 0.3 is 0 Å². The van der Waals surface area contributed by atoms with Crippen LogP contribution in [0.15, 0.2) is 18.2 Å². The SMILES string of the molecule is NC(=O)CN1CCC(NC(=O)c2cccc(N)c2O)CC1. The van der Waals surface area contributed by atoms with Crippen LogP contribution in [0.25, 0.3) is 0 Å². The van der Waals surface area contributed by atoms with E-state index in [-0.39, 0.29) is 41.4 Å². The van der Waals surface area contributed by atoms with Crippen molar-refractivity contribution in [3.8, 4) is 5.75 Å². The third-order valence-electron chi connectivity index (χ3n) is 3.61. The van der Waals surface area contributed by atoms with Crippen LogP contribution >= 0.6 is 0 Å². The number of primary amides is 1. The molecule has 0 atom stereocenters. The number of carbonyl (C=O) groups is 2. The summed E-state index contributed by atoms with van der Waals surface area (Å²) < 4.78 is 0. The molecule has 1 aliphatic rings. The topological polar surface area (TPSA) is 122 Å². The molecular formula is C14H20N4O3. The van der Waals surface area contributed by atoms with Gasteiger partial charge < -0.3 is 21.9 Å². The number of benzene rings is 1. The number of aromatic hydroxyl groups is 1. The average Bonchev–Trinajstić information content (AvgIpc) is 2.43. The van der Waals surface area contributed by atoms with Gasteiger partial charge in [-0.15, -0.1) is 0 Å². The van der Waals surface area contributed by atoms with Gasteiger partial charge in [0.05, 0.1) is 17.8 Å². The number of nitrogens with one attached hydrogen (secondary N) is 1. The lowest BCUT2D eigenvalue weighted by molar-refractivity contribution is -0.119. The predicted octanol–water partition coefficient (Wildman–Crippen LogP) is -0.346. The smallest absolute Gasteiger partial charge is 0.255 e. The number of rotatable bonds is 4. The number of phenolic OH excluding ortho intramolecular Hbond substituents is 1. The molecule has 0 aromatic heterocycles. The van der Waals surface area contributed by atoms with Crippen molar-refractivity contribution in [2.24, 2.45) is 5.73 Å². The number of anilines is 1. The molecule has 1 aliphatic heterocycles. The Balaban J connectivity index is 1.90. The molecule has 7 heteroatoms. The van der Waals surface area contributed by atoms with Crippen molar-refractivity contribution in [1.82, 2.24) is 10.2 Å². The first-order chi connectivity index (χ1) is 9.97. The Morgan fingerprint density at radius 2 is 2.00 bits per heavy atom. The number of para-hydroxylation sites is 1. The fourth-order valence-corrected chi connectivity index (χ4v) is 2.46. The molecule has 0 aliphatic carbocycles. The molecule has 6 N–H and O–H groups in total. The van der Waals surface area contributed by atoms with Gasteiger partial charge in [0.15, 0.2) is 5.75 Å². The fourth-order valence-electron chi connectivity index (χ4n) is 2.46. The Morgan fingerprint density at radius 1 is 1.33 bits per heavy atom. The van der Waals surface area contributed by atoms with Crippen LogP contribution in [-0.2, 0) is 4.79 Å². The molecule has 1 aromatic carbocycles. The van der Waals surface area contributed by atoms with Crippen molar-refractivity contribution in [2.75, 3.05) is 25.4 Å². The highest BCUT2D eigenvalue weighted by molar-refractivity contribution is 5.98. The van der Waals surface area contributed by atoms with Crippen LogP contribution in [-0.4, -0.2) is 47.5 Å².